The van der Waals surface area contributed by atoms with Crippen LogP contribution in [0.25, 0.3) is 10.8 Å². The van der Waals surface area contributed by atoms with E-state index in [-0.39, 0.29) is 30.2 Å². The summed E-state index contributed by atoms with van der Waals surface area (Å²) < 4.78 is -1.69. The molecule has 1 spiro atoms. The van der Waals surface area contributed by atoms with Crippen molar-refractivity contribution in [2.45, 2.75) is 48.8 Å². The van der Waals surface area contributed by atoms with E-state index >= 15 is 0 Å². The number of carbonyl (C=O) groups is 3. The third-order valence-corrected chi connectivity index (χ3v) is 11.8. The van der Waals surface area contributed by atoms with Gasteiger partial charge in [0.1, 0.15) is 6.04 Å². The van der Waals surface area contributed by atoms with E-state index in [1.165, 1.54) is 0 Å². The standard InChI is InChI=1S/C37H39N3O4S/c1-24(2)21-29(23-41)40-32-35(44)39(28-16-15-25-11-7-8-12-26(25)22-28)20-10-18-37(32)31(34(40)43)30-33(42)38(27-13-5-4-6-14-27)19-9-17-36(30,3)45-37/h4-18,22,24,29-32,41H,19-21,23H2,1-3H3/t29-,30+,31+,32?,36-,37+/m1/s1. The second-order valence-corrected chi connectivity index (χ2v) is 15.1. The molecule has 3 amide bonds. The van der Waals surface area contributed by atoms with E-state index in [4.69, 9.17) is 0 Å². The normalized spacial score (nSPS) is 30.0. The van der Waals surface area contributed by atoms with E-state index in [1.54, 1.807) is 26.5 Å². The Kier molecular flexibility index (Phi) is 7.40. The van der Waals surface area contributed by atoms with Crippen LogP contribution in [0.15, 0.2) is 97.1 Å². The SMILES string of the molecule is CC(C)C[C@H](CO)N1C(=O)[C@@H]2[C@H]3C(=O)N(c4ccccc4)CC=C[C@@]3(C)S[C@@]23C=CCN(c2ccc4ccccc4c2)C(=O)C13. The number of amides is 3. The van der Waals surface area contributed by atoms with E-state index in [0.29, 0.717) is 19.5 Å². The molecule has 45 heavy (non-hydrogen) atoms. The first-order chi connectivity index (χ1) is 21.7. The van der Waals surface area contributed by atoms with Gasteiger partial charge in [-0.05, 0) is 54.3 Å². The predicted octanol–water partition coefficient (Wildman–Crippen LogP) is 5.44. The number of fused-ring (bicyclic) bond motifs is 3. The van der Waals surface area contributed by atoms with Gasteiger partial charge in [0.15, 0.2) is 0 Å². The lowest BCUT2D eigenvalue weighted by atomic mass is 9.74. The van der Waals surface area contributed by atoms with Crippen molar-refractivity contribution >= 4 is 51.6 Å². The number of hydrogen-bond acceptors (Lipinski definition) is 5. The molecule has 7 nitrogen and oxygen atoms in total. The van der Waals surface area contributed by atoms with Gasteiger partial charge in [0, 0.05) is 29.2 Å². The molecule has 3 aromatic carbocycles. The summed E-state index contributed by atoms with van der Waals surface area (Å²) >= 11 is 1.57. The zero-order valence-electron chi connectivity index (χ0n) is 25.9. The maximum atomic E-state index is 15.0. The second kappa shape index (κ2) is 11.2. The first-order valence-corrected chi connectivity index (χ1v) is 16.7. The summed E-state index contributed by atoms with van der Waals surface area (Å²) in [7, 11) is 0. The number of anilines is 2. The number of hydrogen-bond donors (Lipinski definition) is 1. The third kappa shape index (κ3) is 4.64. The highest BCUT2D eigenvalue weighted by atomic mass is 32.2. The Labute approximate surface area is 268 Å². The van der Waals surface area contributed by atoms with Gasteiger partial charge in [-0.1, -0.05) is 86.7 Å². The van der Waals surface area contributed by atoms with Crippen molar-refractivity contribution in [2.24, 2.45) is 17.8 Å². The molecule has 6 atom stereocenters. The molecule has 0 radical (unpaired) electrons. The highest BCUT2D eigenvalue weighted by molar-refractivity contribution is 8.02. The molecule has 1 unspecified atom stereocenters. The number of rotatable bonds is 6. The number of nitrogens with zero attached hydrogens (tertiary/aromatic N) is 3. The predicted molar refractivity (Wildman–Crippen MR) is 180 cm³/mol. The minimum atomic E-state index is -0.983. The maximum Gasteiger partial charge on any atom is 0.251 e. The van der Waals surface area contributed by atoms with Gasteiger partial charge in [0.05, 0.1) is 29.2 Å². The summed E-state index contributed by atoms with van der Waals surface area (Å²) in [5, 5.41) is 12.8. The smallest absolute Gasteiger partial charge is 0.251 e. The van der Waals surface area contributed by atoms with Crippen LogP contribution in [0.5, 0.6) is 0 Å². The zero-order chi connectivity index (χ0) is 31.5. The van der Waals surface area contributed by atoms with Crippen molar-refractivity contribution in [1.82, 2.24) is 4.90 Å². The van der Waals surface area contributed by atoms with Gasteiger partial charge in [-0.3, -0.25) is 14.4 Å². The lowest BCUT2D eigenvalue weighted by Gasteiger charge is -2.40. The van der Waals surface area contributed by atoms with Crippen LogP contribution in [0.2, 0.25) is 0 Å². The van der Waals surface area contributed by atoms with Gasteiger partial charge in [-0.2, -0.15) is 0 Å². The summed E-state index contributed by atoms with van der Waals surface area (Å²) in [5.74, 6) is -1.79. The topological polar surface area (TPSA) is 81.2 Å². The van der Waals surface area contributed by atoms with Gasteiger partial charge in [0.25, 0.3) is 5.91 Å². The molecule has 2 saturated heterocycles. The van der Waals surface area contributed by atoms with E-state index < -0.39 is 33.4 Å². The Morgan fingerprint density at radius 3 is 2.18 bits per heavy atom. The van der Waals surface area contributed by atoms with Crippen molar-refractivity contribution < 1.29 is 19.5 Å². The highest BCUT2D eigenvalue weighted by Gasteiger charge is 2.74. The fourth-order valence-corrected chi connectivity index (χ4v) is 10.2. The molecule has 232 valence electrons. The van der Waals surface area contributed by atoms with Crippen LogP contribution in [0.4, 0.5) is 11.4 Å². The van der Waals surface area contributed by atoms with Crippen LogP contribution >= 0.6 is 11.8 Å². The molecule has 4 aliphatic rings. The van der Waals surface area contributed by atoms with Gasteiger partial charge >= 0.3 is 0 Å². The maximum absolute atomic E-state index is 15.0. The monoisotopic (exact) mass is 621 g/mol. The minimum Gasteiger partial charge on any atom is -0.394 e. The number of benzene rings is 3. The van der Waals surface area contributed by atoms with Gasteiger partial charge in [0.2, 0.25) is 11.8 Å². The molecule has 0 aliphatic carbocycles. The fourth-order valence-electron chi connectivity index (χ4n) is 8.09. The fraction of sp³-hybridized carbons (Fsp3) is 0.378. The number of aliphatic hydroxyl groups is 1. The van der Waals surface area contributed by atoms with Crippen LogP contribution < -0.4 is 9.80 Å². The van der Waals surface area contributed by atoms with Crippen molar-refractivity contribution in [3.63, 3.8) is 0 Å². The van der Waals surface area contributed by atoms with Crippen LogP contribution in [-0.2, 0) is 14.4 Å². The summed E-state index contributed by atoms with van der Waals surface area (Å²) in [5.41, 5.74) is 1.54. The Bertz CT molecular complexity index is 1720. The molecule has 7 rings (SSSR count). The molecule has 0 bridgehead atoms. The molecule has 4 heterocycles. The first kappa shape index (κ1) is 29.8. The van der Waals surface area contributed by atoms with Gasteiger partial charge in [-0.25, -0.2) is 0 Å². The van der Waals surface area contributed by atoms with Crippen LogP contribution in [-0.4, -0.2) is 69.0 Å². The van der Waals surface area contributed by atoms with Crippen molar-refractivity contribution in [3.05, 3.63) is 97.1 Å². The van der Waals surface area contributed by atoms with E-state index in [2.05, 4.69) is 19.9 Å². The average molecular weight is 622 g/mol. The molecule has 1 N–H and O–H groups in total. The molecule has 8 heteroatoms. The minimum absolute atomic E-state index is 0.113. The number of para-hydroxylation sites is 1. The third-order valence-electron chi connectivity index (χ3n) is 9.96. The molecular formula is C37H39N3O4S. The van der Waals surface area contributed by atoms with E-state index in [9.17, 15) is 19.5 Å². The van der Waals surface area contributed by atoms with Crippen LogP contribution in [0.1, 0.15) is 27.2 Å². The summed E-state index contributed by atoms with van der Waals surface area (Å²) in [6, 6.07) is 22.2. The Morgan fingerprint density at radius 2 is 1.47 bits per heavy atom. The molecule has 0 saturated carbocycles. The number of likely N-dealkylation sites (tertiary alicyclic amines) is 1. The van der Waals surface area contributed by atoms with Gasteiger partial charge < -0.3 is 19.8 Å². The molecule has 3 aromatic rings. The Hall–Kier alpha value is -3.88. The van der Waals surface area contributed by atoms with Crippen molar-refractivity contribution in [3.8, 4) is 0 Å². The second-order valence-electron chi connectivity index (χ2n) is 13.3. The molecular weight excluding hydrogens is 582 g/mol. The number of carbonyl (C=O) groups excluding carboxylic acids is 3. The van der Waals surface area contributed by atoms with Gasteiger partial charge in [-0.15, -0.1) is 11.8 Å². The average Bonchev–Trinajstić information content (AvgIpc) is 3.31. The molecule has 4 aliphatic heterocycles. The van der Waals surface area contributed by atoms with Crippen LogP contribution in [0, 0.1) is 17.8 Å². The summed E-state index contributed by atoms with van der Waals surface area (Å²) in [6.45, 7) is 6.65. The quantitative estimate of drug-likeness (QED) is 0.371. The lowest BCUT2D eigenvalue weighted by molar-refractivity contribution is -0.142. The lowest BCUT2D eigenvalue weighted by Crippen LogP contribution is -2.57. The van der Waals surface area contributed by atoms with Crippen molar-refractivity contribution in [2.75, 3.05) is 29.5 Å². The van der Waals surface area contributed by atoms with Crippen molar-refractivity contribution in [1.29, 1.82) is 0 Å². The largest absolute Gasteiger partial charge is 0.394 e. The zero-order valence-corrected chi connectivity index (χ0v) is 26.7. The van der Waals surface area contributed by atoms with E-state index in [0.717, 1.165) is 22.1 Å². The summed E-state index contributed by atoms with van der Waals surface area (Å²) in [4.78, 5) is 49.7. The number of aliphatic hydroxyl groups excluding tert-OH is 1. The Morgan fingerprint density at radius 1 is 0.800 bits per heavy atom. The summed E-state index contributed by atoms with van der Waals surface area (Å²) in [6.07, 6.45) is 8.68. The molecule has 0 aromatic heterocycles. The van der Waals surface area contributed by atoms with Crippen LogP contribution in [0.3, 0.4) is 0 Å². The highest BCUT2D eigenvalue weighted by Crippen LogP contribution is 2.66. The molecule has 2 fully saturated rings. The Balaban J connectivity index is 1.37. The van der Waals surface area contributed by atoms with E-state index in [1.807, 2.05) is 97.9 Å². The first-order valence-electron chi connectivity index (χ1n) is 15.8. The number of thioether (sulfide) groups is 1.